The van der Waals surface area contributed by atoms with E-state index in [4.69, 9.17) is 18.9 Å². The van der Waals surface area contributed by atoms with E-state index in [-0.39, 0.29) is 38.6 Å². The minimum atomic E-state index is -1.60. The van der Waals surface area contributed by atoms with Crippen LogP contribution in [0.4, 0.5) is 0 Å². The Hall–Kier alpha value is -1.56. The molecule has 0 saturated carbocycles. The van der Waals surface area contributed by atoms with Gasteiger partial charge in [0.25, 0.3) is 0 Å². The Morgan fingerprint density at radius 2 is 1.00 bits per heavy atom. The molecule has 1 aliphatic rings. The highest BCUT2D eigenvalue weighted by molar-refractivity contribution is 5.69. The van der Waals surface area contributed by atoms with Crippen molar-refractivity contribution in [3.63, 3.8) is 0 Å². The molecule has 10 heteroatoms. The molecule has 0 amide bonds. The Balaban J connectivity index is 2.13. The van der Waals surface area contributed by atoms with E-state index in [1.807, 2.05) is 0 Å². The Bertz CT molecular complexity index is 852. The third kappa shape index (κ3) is 26.0. The summed E-state index contributed by atoms with van der Waals surface area (Å²) < 4.78 is 21.5. The second kappa shape index (κ2) is 33.0. The molecule has 0 aliphatic carbocycles. The van der Waals surface area contributed by atoms with Crippen molar-refractivity contribution in [3.05, 3.63) is 12.2 Å². The van der Waals surface area contributed by atoms with Crippen molar-refractivity contribution in [3.8, 4) is 0 Å². The topological polar surface area (TPSA) is 152 Å². The summed E-state index contributed by atoms with van der Waals surface area (Å²) in [7, 11) is 0. The molecular weight excluding hydrogens is 652 g/mol. The average molecular weight is 729 g/mol. The summed E-state index contributed by atoms with van der Waals surface area (Å²) >= 11 is 0. The van der Waals surface area contributed by atoms with Gasteiger partial charge in [-0.25, -0.2) is 0 Å². The largest absolute Gasteiger partial charge is 0.463 e. The molecule has 0 aromatic heterocycles. The number of ether oxygens (including phenoxy) is 4. The molecule has 0 unspecified atom stereocenters. The van der Waals surface area contributed by atoms with Gasteiger partial charge in [-0.15, -0.1) is 0 Å². The standard InChI is InChI=1S/C41H76O10/c1-3-5-7-9-11-13-15-16-17-18-20-22-24-26-28-30-37(44)49-33-35-38(45)39(46)40(47)41(51-35)50-32-34(42)31-48-36(43)29-27-25-23-21-19-14-12-10-8-6-4-2/h16-17,34-35,38-42,45-47H,3-15,18-33H2,1-2H3/b17-16-/t34-,35-,38+,39+,40-,41-/m1/s1. The molecule has 51 heavy (non-hydrogen) atoms. The number of rotatable bonds is 34. The van der Waals surface area contributed by atoms with E-state index in [1.54, 1.807) is 0 Å². The lowest BCUT2D eigenvalue weighted by atomic mass is 9.99. The number of aliphatic hydroxyl groups is 4. The molecule has 0 aromatic rings. The SMILES string of the molecule is CCCCCCCC/C=C\CCCCCCCC(=O)OC[C@H]1O[C@@H](OC[C@H](O)COC(=O)CCCCCCCCCCCCC)[C@H](O)[C@@H](O)[C@H]1O. The highest BCUT2D eigenvalue weighted by Crippen LogP contribution is 2.23. The van der Waals surface area contributed by atoms with E-state index >= 15 is 0 Å². The van der Waals surface area contributed by atoms with E-state index in [9.17, 15) is 30.0 Å². The molecule has 1 rings (SSSR count). The van der Waals surface area contributed by atoms with Crippen LogP contribution >= 0.6 is 0 Å². The average Bonchev–Trinajstić information content (AvgIpc) is 3.12. The number of allylic oxidation sites excluding steroid dienone is 2. The van der Waals surface area contributed by atoms with Crippen LogP contribution in [0.3, 0.4) is 0 Å². The summed E-state index contributed by atoms with van der Waals surface area (Å²) in [5.41, 5.74) is 0. The maximum Gasteiger partial charge on any atom is 0.305 e. The Morgan fingerprint density at radius 3 is 1.49 bits per heavy atom. The van der Waals surface area contributed by atoms with Crippen LogP contribution in [0.1, 0.15) is 181 Å². The Morgan fingerprint density at radius 1 is 0.569 bits per heavy atom. The highest BCUT2D eigenvalue weighted by Gasteiger charge is 2.45. The van der Waals surface area contributed by atoms with Crippen LogP contribution in [0.15, 0.2) is 12.2 Å². The molecule has 1 aliphatic heterocycles. The van der Waals surface area contributed by atoms with Crippen LogP contribution in [0.25, 0.3) is 0 Å². The van der Waals surface area contributed by atoms with Crippen molar-refractivity contribution in [1.82, 2.24) is 0 Å². The lowest BCUT2D eigenvalue weighted by molar-refractivity contribution is -0.305. The first-order chi connectivity index (χ1) is 24.8. The van der Waals surface area contributed by atoms with Crippen LogP contribution in [0.5, 0.6) is 0 Å². The van der Waals surface area contributed by atoms with Gasteiger partial charge in [0, 0.05) is 12.8 Å². The van der Waals surface area contributed by atoms with Gasteiger partial charge in [-0.3, -0.25) is 9.59 Å². The molecule has 10 nitrogen and oxygen atoms in total. The van der Waals surface area contributed by atoms with Crippen LogP contribution in [0.2, 0.25) is 0 Å². The Labute approximate surface area is 310 Å². The normalized spacial score (nSPS) is 21.3. The second-order valence-electron chi connectivity index (χ2n) is 14.5. The lowest BCUT2D eigenvalue weighted by Crippen LogP contribution is -2.59. The van der Waals surface area contributed by atoms with Crippen LogP contribution in [-0.2, 0) is 28.5 Å². The first-order valence-electron chi connectivity index (χ1n) is 20.8. The lowest BCUT2D eigenvalue weighted by Gasteiger charge is -2.40. The van der Waals surface area contributed by atoms with Crippen molar-refractivity contribution in [2.45, 2.75) is 218 Å². The van der Waals surface area contributed by atoms with Gasteiger partial charge in [0.1, 0.15) is 43.7 Å². The summed E-state index contributed by atoms with van der Waals surface area (Å²) in [6.45, 7) is 3.55. The van der Waals surface area contributed by atoms with Crippen molar-refractivity contribution in [2.24, 2.45) is 0 Å². The first-order valence-corrected chi connectivity index (χ1v) is 20.8. The molecule has 0 spiro atoms. The summed E-state index contributed by atoms with van der Waals surface area (Å²) in [6, 6.07) is 0. The third-order valence-corrected chi connectivity index (χ3v) is 9.59. The van der Waals surface area contributed by atoms with Crippen molar-refractivity contribution in [1.29, 1.82) is 0 Å². The number of carbonyl (C=O) groups is 2. The maximum atomic E-state index is 12.3. The Kier molecular flexibility index (Phi) is 30.7. The van der Waals surface area contributed by atoms with E-state index in [0.29, 0.717) is 6.42 Å². The zero-order valence-electron chi connectivity index (χ0n) is 32.4. The minimum absolute atomic E-state index is 0.246. The number of unbranched alkanes of at least 4 members (excludes halogenated alkanes) is 21. The van der Waals surface area contributed by atoms with Crippen LogP contribution < -0.4 is 0 Å². The second-order valence-corrected chi connectivity index (χ2v) is 14.5. The molecule has 6 atom stereocenters. The molecule has 4 N–H and O–H groups in total. The maximum absolute atomic E-state index is 12.3. The van der Waals surface area contributed by atoms with E-state index in [0.717, 1.165) is 51.4 Å². The summed E-state index contributed by atoms with van der Waals surface area (Å²) in [4.78, 5) is 24.4. The molecule has 0 aromatic carbocycles. The van der Waals surface area contributed by atoms with Gasteiger partial charge >= 0.3 is 11.9 Å². The van der Waals surface area contributed by atoms with E-state index < -0.39 is 42.8 Å². The van der Waals surface area contributed by atoms with Gasteiger partial charge in [-0.2, -0.15) is 0 Å². The summed E-state index contributed by atoms with van der Waals surface area (Å²) in [5, 5.41) is 41.2. The summed E-state index contributed by atoms with van der Waals surface area (Å²) in [6.07, 6.45) is 25.0. The van der Waals surface area contributed by atoms with Gasteiger partial charge in [0.05, 0.1) is 6.61 Å². The number of aliphatic hydroxyl groups excluding tert-OH is 4. The van der Waals surface area contributed by atoms with Gasteiger partial charge in [0.15, 0.2) is 6.29 Å². The predicted molar refractivity (Wildman–Crippen MR) is 201 cm³/mol. The molecule has 1 fully saturated rings. The van der Waals surface area contributed by atoms with Gasteiger partial charge in [-0.1, -0.05) is 142 Å². The molecule has 0 radical (unpaired) electrons. The van der Waals surface area contributed by atoms with E-state index in [2.05, 4.69) is 26.0 Å². The predicted octanol–water partition coefficient (Wildman–Crippen LogP) is 8.00. The van der Waals surface area contributed by atoms with Crippen molar-refractivity contribution in [2.75, 3.05) is 19.8 Å². The minimum Gasteiger partial charge on any atom is -0.463 e. The number of esters is 2. The summed E-state index contributed by atoms with van der Waals surface area (Å²) in [5.74, 6) is -0.812. The zero-order chi connectivity index (χ0) is 37.4. The fraction of sp³-hybridized carbons (Fsp3) is 0.902. The molecule has 0 bridgehead atoms. The van der Waals surface area contributed by atoms with Gasteiger partial charge < -0.3 is 39.4 Å². The zero-order valence-corrected chi connectivity index (χ0v) is 32.4. The smallest absolute Gasteiger partial charge is 0.305 e. The number of hydrogen-bond acceptors (Lipinski definition) is 10. The van der Waals surface area contributed by atoms with E-state index in [1.165, 1.54) is 96.3 Å². The molecule has 1 heterocycles. The number of hydrogen-bond donors (Lipinski definition) is 4. The monoisotopic (exact) mass is 729 g/mol. The molecule has 1 saturated heterocycles. The van der Waals surface area contributed by atoms with Gasteiger partial charge in [0.2, 0.25) is 0 Å². The fourth-order valence-corrected chi connectivity index (χ4v) is 6.23. The van der Waals surface area contributed by atoms with Gasteiger partial charge in [-0.05, 0) is 38.5 Å². The molecule has 300 valence electrons. The van der Waals surface area contributed by atoms with Crippen molar-refractivity contribution >= 4 is 11.9 Å². The third-order valence-electron chi connectivity index (χ3n) is 9.59. The molecular formula is C41H76O10. The first kappa shape index (κ1) is 47.5. The highest BCUT2D eigenvalue weighted by atomic mass is 16.7. The quantitative estimate of drug-likeness (QED) is 0.0291. The van der Waals surface area contributed by atoms with Crippen LogP contribution in [-0.4, -0.2) is 89.0 Å². The van der Waals surface area contributed by atoms with Crippen molar-refractivity contribution < 1.29 is 49.0 Å². The number of carbonyl (C=O) groups excluding carboxylic acids is 2. The fourth-order valence-electron chi connectivity index (χ4n) is 6.23. The van der Waals surface area contributed by atoms with Crippen LogP contribution in [0, 0.1) is 0 Å².